The van der Waals surface area contributed by atoms with Crippen LogP contribution in [0.15, 0.2) is 0 Å². The molecule has 0 aromatic rings. The number of hydrogen-bond donors (Lipinski definition) is 2. The molecule has 0 saturated heterocycles. The highest BCUT2D eigenvalue weighted by Crippen LogP contribution is 2.41. The van der Waals surface area contributed by atoms with E-state index in [4.69, 9.17) is 9.84 Å². The maximum absolute atomic E-state index is 11.7. The number of aliphatic carboxylic acids is 1. The number of rotatable bonds is 2. The number of imide groups is 1. The molecule has 6 nitrogen and oxygen atoms in total. The Morgan fingerprint density at radius 2 is 1.76 bits per heavy atom. The van der Waals surface area contributed by atoms with Gasteiger partial charge in [-0.1, -0.05) is 6.42 Å². The number of carbonyl (C=O) groups excluding carboxylic acids is 2. The number of carbonyl (C=O) groups is 3. The average Bonchev–Trinajstić information content (AvgIpc) is 1.94. The maximum atomic E-state index is 11.7. The summed E-state index contributed by atoms with van der Waals surface area (Å²) in [6.45, 7) is 4.98. The standard InChI is InChI=1S/C11H17NO5/c1-10(2,3)17-9(16)12-7(13)11(8(14)15)5-4-6-11/h4-6H2,1-3H3,(H,14,15)(H,12,13,16). The molecule has 6 heteroatoms. The Morgan fingerprint density at radius 3 is 2.06 bits per heavy atom. The van der Waals surface area contributed by atoms with Crippen LogP contribution >= 0.6 is 0 Å². The minimum absolute atomic E-state index is 0.261. The Labute approximate surface area is 99.3 Å². The first kappa shape index (κ1) is 13.5. The third-order valence-corrected chi connectivity index (χ3v) is 2.67. The van der Waals surface area contributed by atoms with Gasteiger partial charge >= 0.3 is 12.1 Å². The van der Waals surface area contributed by atoms with E-state index in [2.05, 4.69) is 0 Å². The summed E-state index contributed by atoms with van der Waals surface area (Å²) < 4.78 is 4.89. The molecule has 1 fully saturated rings. The van der Waals surface area contributed by atoms with Crippen molar-refractivity contribution in [3.63, 3.8) is 0 Å². The third kappa shape index (κ3) is 2.95. The van der Waals surface area contributed by atoms with Crippen LogP contribution in [0.3, 0.4) is 0 Å². The third-order valence-electron chi connectivity index (χ3n) is 2.67. The van der Waals surface area contributed by atoms with Crippen molar-refractivity contribution in [2.24, 2.45) is 5.41 Å². The molecule has 96 valence electrons. The predicted octanol–water partition coefficient (Wildman–Crippen LogP) is 1.29. The first-order valence-electron chi connectivity index (χ1n) is 5.45. The SMILES string of the molecule is CC(C)(C)OC(=O)NC(=O)C1(C(=O)O)CCC1. The van der Waals surface area contributed by atoms with E-state index < -0.39 is 29.0 Å². The monoisotopic (exact) mass is 243 g/mol. The van der Waals surface area contributed by atoms with Gasteiger partial charge in [0, 0.05) is 0 Å². The van der Waals surface area contributed by atoms with Crippen LogP contribution in [0.25, 0.3) is 0 Å². The Kier molecular flexibility index (Phi) is 3.45. The molecule has 1 rings (SSSR count). The number of amides is 2. The van der Waals surface area contributed by atoms with Crippen molar-refractivity contribution in [3.05, 3.63) is 0 Å². The minimum Gasteiger partial charge on any atom is -0.480 e. The van der Waals surface area contributed by atoms with E-state index in [-0.39, 0.29) is 12.8 Å². The van der Waals surface area contributed by atoms with Gasteiger partial charge in [0.2, 0.25) is 5.91 Å². The molecule has 0 unspecified atom stereocenters. The molecule has 1 saturated carbocycles. The summed E-state index contributed by atoms with van der Waals surface area (Å²) in [5, 5.41) is 11.0. The minimum atomic E-state index is -1.45. The zero-order chi connectivity index (χ0) is 13.3. The zero-order valence-electron chi connectivity index (χ0n) is 10.2. The molecule has 0 aliphatic heterocycles. The van der Waals surface area contributed by atoms with E-state index in [1.165, 1.54) is 0 Å². The summed E-state index contributed by atoms with van der Waals surface area (Å²) in [4.78, 5) is 34.0. The summed E-state index contributed by atoms with van der Waals surface area (Å²) in [6, 6.07) is 0. The van der Waals surface area contributed by atoms with Crippen LogP contribution in [-0.2, 0) is 14.3 Å². The Balaban J connectivity index is 2.60. The van der Waals surface area contributed by atoms with Crippen molar-refractivity contribution >= 4 is 18.0 Å². The summed E-state index contributed by atoms with van der Waals surface area (Å²) in [5.74, 6) is -1.98. The molecule has 0 spiro atoms. The van der Waals surface area contributed by atoms with E-state index in [0.717, 1.165) is 0 Å². The number of ether oxygens (including phenoxy) is 1. The second-order valence-corrected chi connectivity index (χ2v) is 5.20. The molecular formula is C11H17NO5. The molecule has 2 N–H and O–H groups in total. The van der Waals surface area contributed by atoms with Crippen LogP contribution in [0.1, 0.15) is 40.0 Å². The molecule has 1 aliphatic carbocycles. The zero-order valence-corrected chi connectivity index (χ0v) is 10.2. The van der Waals surface area contributed by atoms with Crippen molar-refractivity contribution in [1.29, 1.82) is 0 Å². The van der Waals surface area contributed by atoms with Crippen LogP contribution in [0, 0.1) is 5.41 Å². The van der Waals surface area contributed by atoms with Crippen molar-refractivity contribution in [3.8, 4) is 0 Å². The summed E-state index contributed by atoms with van der Waals surface area (Å²) in [7, 11) is 0. The lowest BCUT2D eigenvalue weighted by atomic mass is 9.68. The molecule has 17 heavy (non-hydrogen) atoms. The number of hydrogen-bond acceptors (Lipinski definition) is 4. The number of alkyl carbamates (subject to hydrolysis) is 1. The van der Waals surface area contributed by atoms with Gasteiger partial charge in [-0.25, -0.2) is 4.79 Å². The van der Waals surface area contributed by atoms with Crippen LogP contribution in [0.2, 0.25) is 0 Å². The quantitative estimate of drug-likeness (QED) is 0.713. The van der Waals surface area contributed by atoms with Crippen LogP contribution < -0.4 is 5.32 Å². The molecule has 1 aliphatic rings. The maximum Gasteiger partial charge on any atom is 0.414 e. The molecule has 2 amide bonds. The van der Waals surface area contributed by atoms with Gasteiger partial charge in [0.05, 0.1) is 0 Å². The fraction of sp³-hybridized carbons (Fsp3) is 0.727. The van der Waals surface area contributed by atoms with Crippen molar-refractivity contribution < 1.29 is 24.2 Å². The number of carboxylic acid groups (broad SMARTS) is 1. The highest BCUT2D eigenvalue weighted by atomic mass is 16.6. The first-order valence-corrected chi connectivity index (χ1v) is 5.45. The second-order valence-electron chi connectivity index (χ2n) is 5.20. The van der Waals surface area contributed by atoms with E-state index in [9.17, 15) is 14.4 Å². The van der Waals surface area contributed by atoms with E-state index >= 15 is 0 Å². The van der Waals surface area contributed by atoms with Gasteiger partial charge < -0.3 is 9.84 Å². The van der Waals surface area contributed by atoms with Gasteiger partial charge in [-0.2, -0.15) is 0 Å². The fourth-order valence-electron chi connectivity index (χ4n) is 1.58. The summed E-state index contributed by atoms with van der Waals surface area (Å²) >= 11 is 0. The number of nitrogens with one attached hydrogen (secondary N) is 1. The van der Waals surface area contributed by atoms with Crippen molar-refractivity contribution in [1.82, 2.24) is 5.32 Å². The largest absolute Gasteiger partial charge is 0.480 e. The van der Waals surface area contributed by atoms with Crippen LogP contribution in [0.5, 0.6) is 0 Å². The van der Waals surface area contributed by atoms with E-state index in [0.29, 0.717) is 6.42 Å². The van der Waals surface area contributed by atoms with Crippen LogP contribution in [0.4, 0.5) is 4.79 Å². The van der Waals surface area contributed by atoms with Crippen molar-refractivity contribution in [2.45, 2.75) is 45.6 Å². The Hall–Kier alpha value is -1.59. The van der Waals surface area contributed by atoms with Gasteiger partial charge in [0.15, 0.2) is 0 Å². The summed E-state index contributed by atoms with van der Waals surface area (Å²) in [5.41, 5.74) is -2.17. The Morgan fingerprint density at radius 1 is 1.24 bits per heavy atom. The van der Waals surface area contributed by atoms with Gasteiger partial charge in [0.1, 0.15) is 11.0 Å². The lowest BCUT2D eigenvalue weighted by Crippen LogP contribution is -2.53. The van der Waals surface area contributed by atoms with E-state index in [1.807, 2.05) is 5.32 Å². The molecule has 0 bridgehead atoms. The predicted molar refractivity (Wildman–Crippen MR) is 58.3 cm³/mol. The molecule has 0 atom stereocenters. The lowest BCUT2D eigenvalue weighted by molar-refractivity contribution is -0.161. The van der Waals surface area contributed by atoms with Crippen LogP contribution in [-0.4, -0.2) is 28.7 Å². The highest BCUT2D eigenvalue weighted by Gasteiger charge is 2.51. The van der Waals surface area contributed by atoms with E-state index in [1.54, 1.807) is 20.8 Å². The second kappa shape index (κ2) is 4.35. The normalized spacial score (nSPS) is 17.8. The van der Waals surface area contributed by atoms with Gasteiger partial charge in [-0.05, 0) is 33.6 Å². The first-order chi connectivity index (χ1) is 7.67. The number of carboxylic acids is 1. The lowest BCUT2D eigenvalue weighted by Gasteiger charge is -2.35. The summed E-state index contributed by atoms with van der Waals surface area (Å²) in [6.07, 6.45) is 0.289. The van der Waals surface area contributed by atoms with Crippen molar-refractivity contribution in [2.75, 3.05) is 0 Å². The van der Waals surface area contributed by atoms with Gasteiger partial charge in [-0.3, -0.25) is 14.9 Å². The molecule has 0 aromatic carbocycles. The topological polar surface area (TPSA) is 92.7 Å². The smallest absolute Gasteiger partial charge is 0.414 e. The van der Waals surface area contributed by atoms with Gasteiger partial charge in [0.25, 0.3) is 0 Å². The fourth-order valence-corrected chi connectivity index (χ4v) is 1.58. The molecule has 0 radical (unpaired) electrons. The Bertz CT molecular complexity index is 351. The molecule has 0 aromatic heterocycles. The average molecular weight is 243 g/mol. The highest BCUT2D eigenvalue weighted by molar-refractivity contribution is 6.07. The molecule has 0 heterocycles. The van der Waals surface area contributed by atoms with Gasteiger partial charge in [-0.15, -0.1) is 0 Å². The molecular weight excluding hydrogens is 226 g/mol.